The highest BCUT2D eigenvalue weighted by molar-refractivity contribution is 14.1. The van der Waals surface area contributed by atoms with E-state index in [4.69, 9.17) is 14.1 Å². The Morgan fingerprint density at radius 1 is 1.00 bits per heavy atom. The zero-order chi connectivity index (χ0) is 34.1. The Hall–Kier alpha value is -4.26. The number of pyridine rings is 1. The maximum atomic E-state index is 14.1. The molecule has 2 heterocycles. The minimum atomic E-state index is -1.10. The zero-order valence-corrected chi connectivity index (χ0v) is 29.1. The minimum Gasteiger partial charge on any atom is -0.504 e. The van der Waals surface area contributed by atoms with Gasteiger partial charge in [-0.15, -0.1) is 0 Å². The van der Waals surface area contributed by atoms with Gasteiger partial charge in [0.25, 0.3) is 0 Å². The molecule has 4 aromatic rings. The minimum absolute atomic E-state index is 0.0340. The number of nitrogens with zero attached hydrogens (tertiary/aromatic N) is 1. The highest BCUT2D eigenvalue weighted by Crippen LogP contribution is 2.51. The standard InChI is InChI=1S/C39H35BINO7/c1-47-34-19-23(18-31(41)39(34)45)17-24(32-13-7-8-16-42-32)14-15-33-35-25(22-48-26-9-3-2-4-10-26)20-29-36(30(35)21-40(46)49-33)38(44)28-12-6-5-11-27(28)37(29)43/h2-13,16-19,29-30,33,36,45-46H,14-15,20-22H2,1H3/b24-17-/t29-,30+,33-,36-/m1/s1. The summed E-state index contributed by atoms with van der Waals surface area (Å²) in [6, 6.07) is 26.0. The van der Waals surface area contributed by atoms with Crippen molar-refractivity contribution >= 4 is 52.9 Å². The van der Waals surface area contributed by atoms with Crippen molar-refractivity contribution in [3.8, 4) is 17.2 Å². The molecule has 0 amide bonds. The number of carbonyl (C=O) groups excluding carboxylic acids is 2. The Bertz CT molecular complexity index is 1950. The number of hydrogen-bond donors (Lipinski definition) is 2. The average molecular weight is 767 g/mol. The molecule has 0 spiro atoms. The number of phenols is 1. The largest absolute Gasteiger partial charge is 0.504 e. The highest BCUT2D eigenvalue weighted by atomic mass is 127. The van der Waals surface area contributed by atoms with Crippen LogP contribution in [0.25, 0.3) is 11.6 Å². The molecule has 3 aromatic carbocycles. The van der Waals surface area contributed by atoms with Crippen LogP contribution in [0.4, 0.5) is 0 Å². The number of Topliss-reactive ketones (excluding diaryl/α,β-unsaturated/α-hetero) is 2. The monoisotopic (exact) mass is 767 g/mol. The van der Waals surface area contributed by atoms with E-state index in [1.807, 2.05) is 60.7 Å². The predicted molar refractivity (Wildman–Crippen MR) is 196 cm³/mol. The molecule has 1 saturated heterocycles. The summed E-state index contributed by atoms with van der Waals surface area (Å²) >= 11 is 2.08. The number of halogens is 1. The number of ether oxygens (including phenoxy) is 2. The molecule has 2 N–H and O–H groups in total. The topological polar surface area (TPSA) is 115 Å². The number of fused-ring (bicyclic) bond motifs is 4. The van der Waals surface area contributed by atoms with Gasteiger partial charge in [0.2, 0.25) is 0 Å². The second-order valence-corrected chi connectivity index (χ2v) is 13.8. The molecule has 0 unspecified atom stereocenters. The SMILES string of the molecule is COc1cc(/C=C(/CC[C@H]2OB(O)C[C@H]3C2=C(COc2ccccc2)C[C@H]2C(=O)c4ccccc4C(=O)[C@H]23)c2ccccn2)cc(I)c1O. The Balaban J connectivity index is 1.27. The Morgan fingerprint density at radius 2 is 1.73 bits per heavy atom. The Morgan fingerprint density at radius 3 is 2.47 bits per heavy atom. The van der Waals surface area contributed by atoms with Crippen LogP contribution in [0.1, 0.15) is 51.2 Å². The number of hydrogen-bond acceptors (Lipinski definition) is 8. The van der Waals surface area contributed by atoms with Crippen molar-refractivity contribution in [2.45, 2.75) is 31.7 Å². The molecule has 4 atom stereocenters. The molecular formula is C39H35BINO7. The normalized spacial score (nSPS) is 21.9. The van der Waals surface area contributed by atoms with E-state index in [1.165, 1.54) is 7.11 Å². The van der Waals surface area contributed by atoms with Crippen LogP contribution in [0.5, 0.6) is 17.2 Å². The van der Waals surface area contributed by atoms with Crippen molar-refractivity contribution in [3.05, 3.63) is 128 Å². The molecule has 2 aliphatic carbocycles. The van der Waals surface area contributed by atoms with E-state index >= 15 is 0 Å². The molecular weight excluding hydrogens is 732 g/mol. The number of para-hydroxylation sites is 1. The van der Waals surface area contributed by atoms with E-state index in [2.05, 4.69) is 27.6 Å². The zero-order valence-electron chi connectivity index (χ0n) is 26.9. The molecule has 3 aliphatic rings. The first-order chi connectivity index (χ1) is 23.8. The van der Waals surface area contributed by atoms with Crippen molar-refractivity contribution in [1.82, 2.24) is 4.98 Å². The van der Waals surface area contributed by atoms with Crippen LogP contribution in [0, 0.1) is 21.3 Å². The van der Waals surface area contributed by atoms with Crippen LogP contribution >= 0.6 is 22.6 Å². The Kier molecular flexibility index (Phi) is 9.71. The molecule has 1 aromatic heterocycles. The van der Waals surface area contributed by atoms with Gasteiger partial charge in [-0.3, -0.25) is 14.6 Å². The van der Waals surface area contributed by atoms with E-state index in [0.717, 1.165) is 28.0 Å². The summed E-state index contributed by atoms with van der Waals surface area (Å²) < 4.78 is 18.6. The number of rotatable bonds is 9. The van der Waals surface area contributed by atoms with E-state index in [-0.39, 0.29) is 36.2 Å². The first kappa shape index (κ1) is 33.3. The summed E-state index contributed by atoms with van der Waals surface area (Å²) in [4.78, 5) is 32.7. The van der Waals surface area contributed by atoms with Gasteiger partial charge in [0.15, 0.2) is 23.1 Å². The number of ketones is 2. The molecule has 7 rings (SSSR count). The third kappa shape index (κ3) is 6.69. The van der Waals surface area contributed by atoms with Crippen molar-refractivity contribution in [1.29, 1.82) is 0 Å². The lowest BCUT2D eigenvalue weighted by atomic mass is 9.54. The number of phenolic OH excluding ortho intramolecular Hbond substituents is 1. The molecule has 0 radical (unpaired) electrons. The molecule has 248 valence electrons. The fourth-order valence-corrected chi connectivity index (χ4v) is 8.26. The summed E-state index contributed by atoms with van der Waals surface area (Å²) in [5.41, 5.74) is 5.36. The Labute approximate surface area is 299 Å². The van der Waals surface area contributed by atoms with Crippen molar-refractivity contribution < 1.29 is 33.8 Å². The number of carbonyl (C=O) groups is 2. The predicted octanol–water partition coefficient (Wildman–Crippen LogP) is 7.31. The van der Waals surface area contributed by atoms with Crippen LogP contribution in [0.2, 0.25) is 6.32 Å². The van der Waals surface area contributed by atoms with Gasteiger partial charge in [0.1, 0.15) is 12.4 Å². The lowest BCUT2D eigenvalue weighted by Crippen LogP contribution is -2.51. The van der Waals surface area contributed by atoms with E-state index in [1.54, 1.807) is 36.5 Å². The van der Waals surface area contributed by atoms with Crippen molar-refractivity contribution in [3.63, 3.8) is 0 Å². The van der Waals surface area contributed by atoms with Gasteiger partial charge in [0.05, 0.1) is 22.5 Å². The molecule has 49 heavy (non-hydrogen) atoms. The van der Waals surface area contributed by atoms with E-state index in [0.29, 0.717) is 45.5 Å². The van der Waals surface area contributed by atoms with E-state index in [9.17, 15) is 19.7 Å². The van der Waals surface area contributed by atoms with E-state index < -0.39 is 25.1 Å². The van der Waals surface area contributed by atoms with Crippen LogP contribution in [0.15, 0.2) is 102 Å². The summed E-state index contributed by atoms with van der Waals surface area (Å²) in [6.45, 7) is 0.243. The molecule has 10 heteroatoms. The number of methoxy groups -OCH3 is 1. The number of benzene rings is 3. The van der Waals surface area contributed by atoms with Crippen LogP contribution in [-0.2, 0) is 4.65 Å². The lowest BCUT2D eigenvalue weighted by molar-refractivity contribution is 0.0593. The van der Waals surface area contributed by atoms with Crippen molar-refractivity contribution in [2.24, 2.45) is 17.8 Å². The lowest BCUT2D eigenvalue weighted by Gasteiger charge is -2.47. The van der Waals surface area contributed by atoms with Gasteiger partial charge < -0.3 is 24.3 Å². The second kappa shape index (κ2) is 14.3. The van der Waals surface area contributed by atoms with Gasteiger partial charge in [-0.05, 0) is 119 Å². The number of aromatic nitrogens is 1. The van der Waals surface area contributed by atoms with Gasteiger partial charge >= 0.3 is 7.12 Å². The fraction of sp³-hybridized carbons (Fsp3) is 0.256. The summed E-state index contributed by atoms with van der Waals surface area (Å²) in [7, 11) is 0.421. The molecule has 0 saturated carbocycles. The van der Waals surface area contributed by atoms with Crippen molar-refractivity contribution in [2.75, 3.05) is 13.7 Å². The van der Waals surface area contributed by atoms with Gasteiger partial charge in [-0.1, -0.05) is 48.5 Å². The third-order valence-electron chi connectivity index (χ3n) is 9.80. The number of aromatic hydroxyl groups is 1. The maximum absolute atomic E-state index is 14.1. The average Bonchev–Trinajstić information content (AvgIpc) is 3.13. The first-order valence-corrected chi connectivity index (χ1v) is 17.5. The second-order valence-electron chi connectivity index (χ2n) is 12.7. The quantitative estimate of drug-likeness (QED) is 0.104. The van der Waals surface area contributed by atoms with Crippen LogP contribution in [0.3, 0.4) is 0 Å². The highest BCUT2D eigenvalue weighted by Gasteiger charge is 2.53. The molecule has 8 nitrogen and oxygen atoms in total. The van der Waals surface area contributed by atoms with Gasteiger partial charge in [-0.25, -0.2) is 0 Å². The summed E-state index contributed by atoms with van der Waals surface area (Å²) in [5.74, 6) is -0.421. The maximum Gasteiger partial charge on any atom is 0.455 e. The van der Waals surface area contributed by atoms with Gasteiger partial charge in [0, 0.05) is 29.2 Å². The summed E-state index contributed by atoms with van der Waals surface area (Å²) in [5, 5.41) is 21.6. The van der Waals surface area contributed by atoms with Crippen LogP contribution < -0.4 is 9.47 Å². The van der Waals surface area contributed by atoms with Gasteiger partial charge in [-0.2, -0.15) is 0 Å². The molecule has 1 aliphatic heterocycles. The first-order valence-electron chi connectivity index (χ1n) is 16.4. The fourth-order valence-electron chi connectivity index (χ4n) is 7.64. The number of allylic oxidation sites excluding steroid dienone is 1. The molecule has 1 fully saturated rings. The summed E-state index contributed by atoms with van der Waals surface area (Å²) in [6.07, 6.45) is 4.86. The third-order valence-corrected chi connectivity index (χ3v) is 10.6. The molecule has 0 bridgehead atoms. The van der Waals surface area contributed by atoms with Crippen LogP contribution in [-0.4, -0.2) is 53.6 Å². The smallest absolute Gasteiger partial charge is 0.455 e.